The highest BCUT2D eigenvalue weighted by atomic mass is 19.4. The molecule has 3 rings (SSSR count). The number of ether oxygens (including phenoxy) is 1. The summed E-state index contributed by atoms with van der Waals surface area (Å²) < 4.78 is 43.6. The number of methoxy groups -OCH3 is 1. The highest BCUT2D eigenvalue weighted by Gasteiger charge is 2.33. The Labute approximate surface area is 166 Å². The molecule has 0 saturated carbocycles. The van der Waals surface area contributed by atoms with Crippen LogP contribution >= 0.6 is 0 Å². The number of piperazine rings is 1. The normalized spacial score (nSPS) is 15.2. The fraction of sp³-hybridized carbons (Fsp3) is 0.421. The molecule has 0 unspecified atom stereocenters. The van der Waals surface area contributed by atoms with E-state index < -0.39 is 11.9 Å². The van der Waals surface area contributed by atoms with Gasteiger partial charge in [-0.1, -0.05) is 6.07 Å². The van der Waals surface area contributed by atoms with Crippen molar-refractivity contribution in [2.24, 2.45) is 0 Å². The molecule has 1 fully saturated rings. The second-order valence-corrected chi connectivity index (χ2v) is 6.71. The van der Waals surface area contributed by atoms with Gasteiger partial charge in [0.1, 0.15) is 11.4 Å². The van der Waals surface area contributed by atoms with E-state index in [0.29, 0.717) is 30.9 Å². The van der Waals surface area contributed by atoms with E-state index in [1.54, 1.807) is 36.3 Å². The molecule has 0 aliphatic carbocycles. The van der Waals surface area contributed by atoms with Crippen molar-refractivity contribution < 1.29 is 27.6 Å². The third-order valence-electron chi connectivity index (χ3n) is 4.78. The number of hydrogen-bond acceptors (Lipinski definition) is 5. The van der Waals surface area contributed by atoms with Gasteiger partial charge in [0.25, 0.3) is 5.91 Å². The number of aromatic nitrogens is 2. The summed E-state index contributed by atoms with van der Waals surface area (Å²) in [6.07, 6.45) is -3.34. The van der Waals surface area contributed by atoms with Crippen molar-refractivity contribution in [3.63, 3.8) is 0 Å². The Kier molecular flexibility index (Phi) is 6.53. The summed E-state index contributed by atoms with van der Waals surface area (Å²) in [4.78, 5) is 22.8. The number of rotatable bonds is 6. The van der Waals surface area contributed by atoms with Gasteiger partial charge in [-0.3, -0.25) is 4.79 Å². The number of halogens is 3. The first kappa shape index (κ1) is 20.8. The first-order chi connectivity index (χ1) is 13.9. The second kappa shape index (κ2) is 9.08. The molecule has 0 atom stereocenters. The number of anilines is 1. The minimum Gasteiger partial charge on any atom is -0.497 e. The Morgan fingerprint density at radius 3 is 2.72 bits per heavy atom. The highest BCUT2D eigenvalue weighted by molar-refractivity contribution is 5.94. The molecule has 1 saturated heterocycles. The van der Waals surface area contributed by atoms with Gasteiger partial charge in [0.05, 0.1) is 46.4 Å². The van der Waals surface area contributed by atoms with Crippen LogP contribution in [0.15, 0.2) is 36.5 Å². The zero-order valence-corrected chi connectivity index (χ0v) is 16.0. The van der Waals surface area contributed by atoms with Gasteiger partial charge in [0, 0.05) is 11.8 Å². The minimum atomic E-state index is -4.48. The predicted octanol–water partition coefficient (Wildman–Crippen LogP) is 0.639. The zero-order chi connectivity index (χ0) is 20.9. The molecule has 1 aliphatic rings. The quantitative estimate of drug-likeness (QED) is 0.732. The maximum Gasteiger partial charge on any atom is 0.433 e. The molecule has 0 bridgehead atoms. The van der Waals surface area contributed by atoms with Crippen LogP contribution in [0, 0.1) is 0 Å². The number of quaternary nitrogens is 1. The highest BCUT2D eigenvalue weighted by Crippen LogP contribution is 2.28. The third-order valence-corrected chi connectivity index (χ3v) is 4.78. The number of alkyl halides is 3. The van der Waals surface area contributed by atoms with Crippen molar-refractivity contribution in [3.05, 3.63) is 47.8 Å². The van der Waals surface area contributed by atoms with E-state index in [0.717, 1.165) is 31.9 Å². The number of carbonyl (C=O) groups excluding carboxylic acids is 1. The Hall–Kier alpha value is -2.88. The van der Waals surface area contributed by atoms with E-state index in [9.17, 15) is 18.0 Å². The molecular formula is C19H23F3N5O2+. The second-order valence-electron chi connectivity index (χ2n) is 6.71. The number of nitrogens with zero attached hydrogens (tertiary/aromatic N) is 3. The van der Waals surface area contributed by atoms with Gasteiger partial charge in [0.2, 0.25) is 5.95 Å². The maximum atomic E-state index is 12.8. The van der Waals surface area contributed by atoms with Crippen LogP contribution in [0.25, 0.3) is 0 Å². The number of amides is 1. The summed E-state index contributed by atoms with van der Waals surface area (Å²) in [6, 6.07) is 7.80. The third kappa shape index (κ3) is 5.57. The van der Waals surface area contributed by atoms with Crippen molar-refractivity contribution in [1.82, 2.24) is 15.3 Å². The lowest BCUT2D eigenvalue weighted by Crippen LogP contribution is -3.15. The maximum absolute atomic E-state index is 12.8. The standard InChI is InChI=1S/C19H22F3N5O2/c1-29-15-4-2-3-14(13-15)17(28)23-7-8-26-9-11-27(12-10-26)18-24-6-5-16(25-18)19(20,21)22/h2-6,13H,7-12H2,1H3,(H,23,28)/p+1. The van der Waals surface area contributed by atoms with E-state index >= 15 is 0 Å². The molecule has 29 heavy (non-hydrogen) atoms. The lowest BCUT2D eigenvalue weighted by atomic mass is 10.2. The van der Waals surface area contributed by atoms with Crippen LogP contribution in [-0.4, -0.2) is 62.3 Å². The molecule has 1 amide bonds. The summed E-state index contributed by atoms with van der Waals surface area (Å²) in [5.41, 5.74) is -0.400. The van der Waals surface area contributed by atoms with Crippen molar-refractivity contribution in [3.8, 4) is 5.75 Å². The largest absolute Gasteiger partial charge is 0.497 e. The molecule has 2 heterocycles. The van der Waals surface area contributed by atoms with Gasteiger partial charge in [-0.05, 0) is 24.3 Å². The minimum absolute atomic E-state index is 0.102. The van der Waals surface area contributed by atoms with Gasteiger partial charge in [-0.25, -0.2) is 9.97 Å². The molecule has 156 valence electrons. The first-order valence-electron chi connectivity index (χ1n) is 9.28. The molecule has 1 aromatic carbocycles. The fourth-order valence-electron chi connectivity index (χ4n) is 3.15. The Bertz CT molecular complexity index is 839. The summed E-state index contributed by atoms with van der Waals surface area (Å²) in [5.74, 6) is 0.556. The van der Waals surface area contributed by atoms with Crippen LogP contribution in [0.1, 0.15) is 16.1 Å². The molecule has 7 nitrogen and oxygen atoms in total. The van der Waals surface area contributed by atoms with Gasteiger partial charge in [-0.2, -0.15) is 13.2 Å². The molecule has 0 spiro atoms. The van der Waals surface area contributed by atoms with E-state index in [-0.39, 0.29) is 11.9 Å². The smallest absolute Gasteiger partial charge is 0.433 e. The first-order valence-corrected chi connectivity index (χ1v) is 9.28. The number of nitrogens with one attached hydrogen (secondary N) is 2. The van der Waals surface area contributed by atoms with Gasteiger partial charge >= 0.3 is 6.18 Å². The zero-order valence-electron chi connectivity index (χ0n) is 16.0. The Morgan fingerprint density at radius 1 is 1.28 bits per heavy atom. The van der Waals surface area contributed by atoms with E-state index in [1.807, 2.05) is 0 Å². The summed E-state index contributed by atoms with van der Waals surface area (Å²) >= 11 is 0. The summed E-state index contributed by atoms with van der Waals surface area (Å²) in [7, 11) is 1.55. The molecule has 2 N–H and O–H groups in total. The molecule has 1 aliphatic heterocycles. The predicted molar refractivity (Wildman–Crippen MR) is 100 cm³/mol. The summed E-state index contributed by atoms with van der Waals surface area (Å²) in [6.45, 7) is 3.81. The summed E-state index contributed by atoms with van der Waals surface area (Å²) in [5, 5.41) is 2.89. The number of benzene rings is 1. The fourth-order valence-corrected chi connectivity index (χ4v) is 3.15. The average Bonchev–Trinajstić information content (AvgIpc) is 2.73. The van der Waals surface area contributed by atoms with Crippen LogP contribution < -0.4 is 19.9 Å². The van der Waals surface area contributed by atoms with Gasteiger partial charge in [-0.15, -0.1) is 0 Å². The lowest BCUT2D eigenvalue weighted by Gasteiger charge is -2.32. The monoisotopic (exact) mass is 410 g/mol. The SMILES string of the molecule is COc1cccc(C(=O)NCC[NH+]2CCN(c3nccc(C(F)(F)F)n3)CC2)c1. The van der Waals surface area contributed by atoms with Crippen molar-refractivity contribution in [1.29, 1.82) is 0 Å². The van der Waals surface area contributed by atoms with Crippen LogP contribution in [0.4, 0.5) is 19.1 Å². The van der Waals surface area contributed by atoms with Crippen molar-refractivity contribution in [2.75, 3.05) is 51.3 Å². The molecular weight excluding hydrogens is 387 g/mol. The Balaban J connectivity index is 1.45. The topological polar surface area (TPSA) is 71.8 Å². The van der Waals surface area contributed by atoms with E-state index in [1.165, 1.54) is 4.90 Å². The van der Waals surface area contributed by atoms with E-state index in [4.69, 9.17) is 4.74 Å². The van der Waals surface area contributed by atoms with Crippen molar-refractivity contribution in [2.45, 2.75) is 6.18 Å². The van der Waals surface area contributed by atoms with E-state index in [2.05, 4.69) is 15.3 Å². The van der Waals surface area contributed by atoms with Gasteiger partial charge in [0.15, 0.2) is 0 Å². The van der Waals surface area contributed by atoms with Gasteiger partial charge < -0.3 is 19.9 Å². The van der Waals surface area contributed by atoms with Crippen molar-refractivity contribution >= 4 is 11.9 Å². The number of carbonyl (C=O) groups is 1. The Morgan fingerprint density at radius 2 is 2.03 bits per heavy atom. The van der Waals surface area contributed by atoms with Crippen LogP contribution in [0.5, 0.6) is 5.75 Å². The molecule has 1 aromatic heterocycles. The lowest BCUT2D eigenvalue weighted by molar-refractivity contribution is -0.899. The van der Waals surface area contributed by atoms with Crippen LogP contribution in [0.2, 0.25) is 0 Å². The van der Waals surface area contributed by atoms with Crippen LogP contribution in [-0.2, 0) is 6.18 Å². The molecule has 2 aromatic rings. The van der Waals surface area contributed by atoms with Crippen LogP contribution in [0.3, 0.4) is 0 Å². The average molecular weight is 410 g/mol. The molecule has 0 radical (unpaired) electrons. The number of hydrogen-bond donors (Lipinski definition) is 2. The molecule has 10 heteroatoms.